The Morgan fingerprint density at radius 1 is 1.13 bits per heavy atom. The number of rotatable bonds is 3. The molecule has 0 aliphatic carbocycles. The molecule has 23 heavy (non-hydrogen) atoms. The fourth-order valence-electron chi connectivity index (χ4n) is 2.63. The largest absolute Gasteiger partial charge is 0.495 e. The molecule has 0 N–H and O–H groups in total. The van der Waals surface area contributed by atoms with E-state index in [-0.39, 0.29) is 18.3 Å². The van der Waals surface area contributed by atoms with Gasteiger partial charge in [0, 0.05) is 26.2 Å². The number of methoxy groups -OCH3 is 1. The summed E-state index contributed by atoms with van der Waals surface area (Å²) in [5.74, 6) is 1.000. The van der Waals surface area contributed by atoms with Gasteiger partial charge in [-0.1, -0.05) is 12.1 Å². The number of para-hydroxylation sites is 2. The molecular formula is C16H18BrClN2O2S. The Kier molecular flexibility index (Phi) is 6.33. The van der Waals surface area contributed by atoms with E-state index in [1.807, 2.05) is 35.2 Å². The highest BCUT2D eigenvalue weighted by atomic mass is 79.9. The van der Waals surface area contributed by atoms with Gasteiger partial charge < -0.3 is 14.5 Å². The monoisotopic (exact) mass is 416 g/mol. The van der Waals surface area contributed by atoms with Crippen LogP contribution in [0.2, 0.25) is 0 Å². The number of benzene rings is 1. The summed E-state index contributed by atoms with van der Waals surface area (Å²) in [5.41, 5.74) is 1.09. The molecule has 2 heterocycles. The highest BCUT2D eigenvalue weighted by Crippen LogP contribution is 2.29. The Labute approximate surface area is 154 Å². The van der Waals surface area contributed by atoms with Crippen LogP contribution in [0.1, 0.15) is 9.67 Å². The average Bonchev–Trinajstić information content (AvgIpc) is 3.01. The summed E-state index contributed by atoms with van der Waals surface area (Å²) in [4.78, 5) is 17.4. The average molecular weight is 418 g/mol. The minimum absolute atomic E-state index is 0. The first kappa shape index (κ1) is 18.1. The van der Waals surface area contributed by atoms with Gasteiger partial charge in [0.2, 0.25) is 0 Å². The molecule has 1 aromatic carbocycles. The number of hydrogen-bond acceptors (Lipinski definition) is 4. The van der Waals surface area contributed by atoms with Crippen LogP contribution in [0, 0.1) is 0 Å². The number of carbonyl (C=O) groups is 1. The summed E-state index contributed by atoms with van der Waals surface area (Å²) in [5, 5.41) is 0. The first-order chi connectivity index (χ1) is 10.7. The van der Waals surface area contributed by atoms with Gasteiger partial charge in [0.15, 0.2) is 0 Å². The smallest absolute Gasteiger partial charge is 0.264 e. The molecule has 1 saturated heterocycles. The van der Waals surface area contributed by atoms with Crippen molar-refractivity contribution in [3.63, 3.8) is 0 Å². The van der Waals surface area contributed by atoms with Crippen molar-refractivity contribution in [2.45, 2.75) is 0 Å². The number of ether oxygens (including phenoxy) is 1. The summed E-state index contributed by atoms with van der Waals surface area (Å²) in [6.07, 6.45) is 0. The molecule has 0 bridgehead atoms. The van der Waals surface area contributed by atoms with Crippen LogP contribution >= 0.6 is 39.7 Å². The zero-order valence-corrected chi connectivity index (χ0v) is 15.9. The number of anilines is 1. The Bertz CT molecular complexity index is 672. The van der Waals surface area contributed by atoms with Gasteiger partial charge in [-0.25, -0.2) is 0 Å². The van der Waals surface area contributed by atoms with Crippen molar-refractivity contribution in [3.05, 3.63) is 45.1 Å². The van der Waals surface area contributed by atoms with Crippen molar-refractivity contribution >= 4 is 51.3 Å². The van der Waals surface area contributed by atoms with Crippen LogP contribution in [-0.4, -0.2) is 44.1 Å². The predicted molar refractivity (Wildman–Crippen MR) is 100 cm³/mol. The van der Waals surface area contributed by atoms with E-state index >= 15 is 0 Å². The molecule has 0 atom stereocenters. The number of piperazine rings is 1. The number of amides is 1. The molecular weight excluding hydrogens is 400 g/mol. The van der Waals surface area contributed by atoms with Crippen molar-refractivity contribution < 1.29 is 9.53 Å². The molecule has 0 unspecified atom stereocenters. The number of hydrogen-bond donors (Lipinski definition) is 0. The molecule has 1 aliphatic heterocycles. The van der Waals surface area contributed by atoms with E-state index in [9.17, 15) is 4.79 Å². The van der Waals surface area contributed by atoms with Gasteiger partial charge >= 0.3 is 0 Å². The van der Waals surface area contributed by atoms with Crippen LogP contribution in [0.4, 0.5) is 5.69 Å². The first-order valence-corrected chi connectivity index (χ1v) is 8.72. The van der Waals surface area contributed by atoms with Crippen molar-refractivity contribution in [2.75, 3.05) is 38.2 Å². The van der Waals surface area contributed by atoms with Crippen LogP contribution in [0.15, 0.2) is 40.2 Å². The molecule has 1 aliphatic rings. The van der Waals surface area contributed by atoms with E-state index < -0.39 is 0 Å². The Morgan fingerprint density at radius 3 is 2.43 bits per heavy atom. The van der Waals surface area contributed by atoms with E-state index in [2.05, 4.69) is 26.9 Å². The number of carbonyl (C=O) groups excluding carboxylic acids is 1. The normalized spacial score (nSPS) is 14.3. The van der Waals surface area contributed by atoms with Gasteiger partial charge in [-0.2, -0.15) is 0 Å². The lowest BCUT2D eigenvalue weighted by atomic mass is 10.2. The maximum Gasteiger partial charge on any atom is 0.264 e. The van der Waals surface area contributed by atoms with E-state index in [1.54, 1.807) is 7.11 Å². The quantitative estimate of drug-likeness (QED) is 0.759. The van der Waals surface area contributed by atoms with Crippen LogP contribution < -0.4 is 9.64 Å². The zero-order valence-electron chi connectivity index (χ0n) is 12.7. The summed E-state index contributed by atoms with van der Waals surface area (Å²) in [6.45, 7) is 3.09. The molecule has 0 radical (unpaired) electrons. The highest BCUT2D eigenvalue weighted by molar-refractivity contribution is 9.11. The first-order valence-electron chi connectivity index (χ1n) is 7.11. The van der Waals surface area contributed by atoms with Crippen LogP contribution in [0.3, 0.4) is 0 Å². The second-order valence-corrected chi connectivity index (χ2v) is 7.52. The molecule has 1 aromatic heterocycles. The summed E-state index contributed by atoms with van der Waals surface area (Å²) >= 11 is 4.89. The Balaban J connectivity index is 0.00000192. The topological polar surface area (TPSA) is 32.8 Å². The van der Waals surface area contributed by atoms with E-state index in [0.29, 0.717) is 0 Å². The van der Waals surface area contributed by atoms with E-state index in [0.717, 1.165) is 46.3 Å². The summed E-state index contributed by atoms with van der Waals surface area (Å²) in [6, 6.07) is 11.8. The summed E-state index contributed by atoms with van der Waals surface area (Å²) < 4.78 is 6.41. The van der Waals surface area contributed by atoms with Gasteiger partial charge in [0.1, 0.15) is 5.75 Å². The third kappa shape index (κ3) is 4.00. The van der Waals surface area contributed by atoms with Crippen molar-refractivity contribution in [3.8, 4) is 5.75 Å². The second kappa shape index (κ2) is 8.04. The van der Waals surface area contributed by atoms with Crippen LogP contribution in [0.5, 0.6) is 5.75 Å². The van der Waals surface area contributed by atoms with Crippen molar-refractivity contribution in [2.24, 2.45) is 0 Å². The lowest BCUT2D eigenvalue weighted by Crippen LogP contribution is -2.48. The minimum atomic E-state index is 0. The molecule has 1 amide bonds. The predicted octanol–water partition coefficient (Wildman–Crippen LogP) is 3.90. The van der Waals surface area contributed by atoms with E-state index in [1.165, 1.54) is 11.3 Å². The lowest BCUT2D eigenvalue weighted by molar-refractivity contribution is 0.0751. The molecule has 0 spiro atoms. The van der Waals surface area contributed by atoms with Gasteiger partial charge in [-0.15, -0.1) is 23.7 Å². The fourth-order valence-corrected chi connectivity index (χ4v) is 3.98. The van der Waals surface area contributed by atoms with E-state index in [4.69, 9.17) is 4.74 Å². The van der Waals surface area contributed by atoms with Crippen molar-refractivity contribution in [1.29, 1.82) is 0 Å². The number of thiophene rings is 1. The highest BCUT2D eigenvalue weighted by Gasteiger charge is 2.24. The summed E-state index contributed by atoms with van der Waals surface area (Å²) in [7, 11) is 1.69. The molecule has 2 aromatic rings. The SMILES string of the molecule is COc1ccccc1N1CCN(C(=O)c2ccc(Br)s2)CC1.Cl. The Hall–Kier alpha value is -1.24. The van der Waals surface area contributed by atoms with Crippen LogP contribution in [0.25, 0.3) is 0 Å². The van der Waals surface area contributed by atoms with Crippen molar-refractivity contribution in [1.82, 2.24) is 4.90 Å². The lowest BCUT2D eigenvalue weighted by Gasteiger charge is -2.36. The van der Waals surface area contributed by atoms with Crippen LogP contribution in [-0.2, 0) is 0 Å². The van der Waals surface area contributed by atoms with Gasteiger partial charge in [0.05, 0.1) is 21.5 Å². The standard InChI is InChI=1S/C16H17BrN2O2S.ClH/c1-21-13-5-3-2-4-12(13)18-8-10-19(11-9-18)16(20)14-6-7-15(17)22-14;/h2-7H,8-11H2,1H3;1H. The maximum absolute atomic E-state index is 12.5. The molecule has 1 fully saturated rings. The zero-order chi connectivity index (χ0) is 15.5. The number of halogens is 2. The second-order valence-electron chi connectivity index (χ2n) is 5.05. The van der Waals surface area contributed by atoms with Gasteiger partial charge in [0.25, 0.3) is 5.91 Å². The fraction of sp³-hybridized carbons (Fsp3) is 0.312. The molecule has 3 rings (SSSR count). The number of nitrogens with zero attached hydrogens (tertiary/aromatic N) is 2. The third-order valence-electron chi connectivity index (χ3n) is 3.78. The molecule has 124 valence electrons. The molecule has 4 nitrogen and oxygen atoms in total. The molecule has 0 saturated carbocycles. The minimum Gasteiger partial charge on any atom is -0.495 e. The van der Waals surface area contributed by atoms with Gasteiger partial charge in [-0.3, -0.25) is 4.79 Å². The third-order valence-corrected chi connectivity index (χ3v) is 5.39. The maximum atomic E-state index is 12.5. The molecule has 7 heteroatoms. The Morgan fingerprint density at radius 2 is 1.83 bits per heavy atom. The van der Waals surface area contributed by atoms with Gasteiger partial charge in [-0.05, 0) is 40.2 Å².